The van der Waals surface area contributed by atoms with Crippen molar-refractivity contribution in [1.29, 1.82) is 0 Å². The van der Waals surface area contributed by atoms with E-state index >= 15 is 0 Å². The Balaban J connectivity index is 0.00000208. The summed E-state index contributed by atoms with van der Waals surface area (Å²) in [6.07, 6.45) is 5.11. The van der Waals surface area contributed by atoms with Crippen molar-refractivity contribution in [3.8, 4) is 0 Å². The van der Waals surface area contributed by atoms with E-state index in [0.717, 1.165) is 18.9 Å². The van der Waals surface area contributed by atoms with Crippen molar-refractivity contribution in [2.45, 2.75) is 57.2 Å². The first kappa shape index (κ1) is 19.1. The number of amides is 1. The lowest BCUT2D eigenvalue weighted by atomic mass is 9.89. The van der Waals surface area contributed by atoms with Gasteiger partial charge in [0.2, 0.25) is 5.91 Å². The summed E-state index contributed by atoms with van der Waals surface area (Å²) in [5.74, 6) is -1.22. The third kappa shape index (κ3) is 4.06. The van der Waals surface area contributed by atoms with E-state index in [1.807, 2.05) is 6.92 Å². The molecule has 0 aromatic heterocycles. The number of carbonyl (C=O) groups is 1. The second-order valence-electron chi connectivity index (χ2n) is 7.03. The molecule has 1 N–H and O–H groups in total. The maximum absolute atomic E-state index is 13.4. The molecule has 24 heavy (non-hydrogen) atoms. The Morgan fingerprint density at radius 2 is 1.88 bits per heavy atom. The van der Waals surface area contributed by atoms with Crippen LogP contribution >= 0.6 is 12.4 Å². The highest BCUT2D eigenvalue weighted by Crippen LogP contribution is 2.33. The molecule has 0 aliphatic carbocycles. The number of nitrogens with zero attached hydrogens (tertiary/aromatic N) is 1. The Labute approximate surface area is 148 Å². The SMILES string of the molecule is CC(c1ccc(F)c(F)c1)N(C)C(=O)CC1CC2CCC(C1)N2.Cl. The first-order valence-corrected chi connectivity index (χ1v) is 8.40. The molecule has 1 aromatic carbocycles. The van der Waals surface area contributed by atoms with Gasteiger partial charge in [-0.25, -0.2) is 8.78 Å². The Morgan fingerprint density at radius 1 is 1.25 bits per heavy atom. The molecule has 2 bridgehead atoms. The van der Waals surface area contributed by atoms with Gasteiger partial charge >= 0.3 is 0 Å². The number of rotatable bonds is 4. The Kier molecular flexibility index (Phi) is 6.21. The van der Waals surface area contributed by atoms with Crippen LogP contribution in [0, 0.1) is 17.6 Å². The highest BCUT2D eigenvalue weighted by atomic mass is 35.5. The van der Waals surface area contributed by atoms with Gasteiger partial charge < -0.3 is 10.2 Å². The lowest BCUT2D eigenvalue weighted by Gasteiger charge is -2.31. The molecule has 2 saturated heterocycles. The van der Waals surface area contributed by atoms with E-state index < -0.39 is 11.6 Å². The van der Waals surface area contributed by atoms with Gasteiger partial charge in [-0.3, -0.25) is 4.79 Å². The highest BCUT2D eigenvalue weighted by molar-refractivity contribution is 5.85. The summed E-state index contributed by atoms with van der Waals surface area (Å²) in [5, 5.41) is 3.58. The number of fused-ring (bicyclic) bond motifs is 2. The van der Waals surface area contributed by atoms with E-state index in [4.69, 9.17) is 0 Å². The summed E-state index contributed by atoms with van der Waals surface area (Å²) in [6.45, 7) is 1.84. The predicted octanol–water partition coefficient (Wildman–Crippen LogP) is 3.83. The monoisotopic (exact) mass is 358 g/mol. The third-order valence-corrected chi connectivity index (χ3v) is 5.43. The van der Waals surface area contributed by atoms with Gasteiger partial charge in [-0.1, -0.05) is 6.07 Å². The third-order valence-electron chi connectivity index (χ3n) is 5.43. The van der Waals surface area contributed by atoms with Crippen molar-refractivity contribution in [3.63, 3.8) is 0 Å². The van der Waals surface area contributed by atoms with Gasteiger partial charge in [0.1, 0.15) is 0 Å². The molecule has 2 aliphatic heterocycles. The number of hydrogen-bond acceptors (Lipinski definition) is 2. The summed E-state index contributed by atoms with van der Waals surface area (Å²) in [5.41, 5.74) is 0.616. The molecule has 134 valence electrons. The Morgan fingerprint density at radius 3 is 2.46 bits per heavy atom. The van der Waals surface area contributed by atoms with E-state index in [1.165, 1.54) is 25.0 Å². The molecule has 3 nitrogen and oxygen atoms in total. The molecule has 0 radical (unpaired) electrons. The topological polar surface area (TPSA) is 32.3 Å². The Bertz CT molecular complexity index is 586. The fraction of sp³-hybridized carbons (Fsp3) is 0.611. The summed E-state index contributed by atoms with van der Waals surface area (Å²) < 4.78 is 26.4. The number of carbonyl (C=O) groups excluding carboxylic acids is 1. The average Bonchev–Trinajstić information content (AvgIpc) is 2.87. The highest BCUT2D eigenvalue weighted by Gasteiger charge is 2.35. The summed E-state index contributed by atoms with van der Waals surface area (Å²) in [6, 6.07) is 4.70. The first-order valence-electron chi connectivity index (χ1n) is 8.40. The second-order valence-corrected chi connectivity index (χ2v) is 7.03. The van der Waals surface area contributed by atoms with Gasteiger partial charge in [-0.15, -0.1) is 12.4 Å². The van der Waals surface area contributed by atoms with E-state index in [1.54, 1.807) is 11.9 Å². The van der Waals surface area contributed by atoms with Gasteiger partial charge in [0, 0.05) is 25.6 Å². The fourth-order valence-corrected chi connectivity index (χ4v) is 3.94. The zero-order valence-corrected chi connectivity index (χ0v) is 14.9. The van der Waals surface area contributed by atoms with E-state index in [-0.39, 0.29) is 24.4 Å². The standard InChI is InChI=1S/C18H24F2N2O.ClH/c1-11(13-3-6-16(19)17(20)10-13)22(2)18(23)9-12-7-14-4-5-15(8-12)21-14;/h3,6,10-12,14-15,21H,4-5,7-9H2,1-2H3;1H. The van der Waals surface area contributed by atoms with Crippen molar-refractivity contribution in [1.82, 2.24) is 10.2 Å². The van der Waals surface area contributed by atoms with E-state index in [2.05, 4.69) is 5.32 Å². The minimum atomic E-state index is -0.870. The minimum absolute atomic E-state index is 0. The predicted molar refractivity (Wildman–Crippen MR) is 92.1 cm³/mol. The van der Waals surface area contributed by atoms with Crippen molar-refractivity contribution in [2.24, 2.45) is 5.92 Å². The molecule has 2 aliphatic rings. The fourth-order valence-electron chi connectivity index (χ4n) is 3.94. The maximum atomic E-state index is 13.4. The van der Waals surface area contributed by atoms with Crippen LogP contribution in [-0.4, -0.2) is 29.9 Å². The van der Waals surface area contributed by atoms with Gasteiger partial charge in [-0.2, -0.15) is 0 Å². The number of nitrogens with one attached hydrogen (secondary N) is 1. The molecule has 1 aromatic rings. The maximum Gasteiger partial charge on any atom is 0.223 e. The van der Waals surface area contributed by atoms with Crippen LogP contribution in [0.2, 0.25) is 0 Å². The lowest BCUT2D eigenvalue weighted by molar-refractivity contribution is -0.133. The quantitative estimate of drug-likeness (QED) is 0.887. The van der Waals surface area contributed by atoms with E-state index in [0.29, 0.717) is 30.0 Å². The van der Waals surface area contributed by atoms with Crippen LogP contribution in [0.15, 0.2) is 18.2 Å². The molecular formula is C18H25ClF2N2O. The molecule has 3 atom stereocenters. The summed E-state index contributed by atoms with van der Waals surface area (Å²) >= 11 is 0. The zero-order valence-electron chi connectivity index (χ0n) is 14.1. The van der Waals surface area contributed by atoms with Crippen molar-refractivity contribution >= 4 is 18.3 Å². The van der Waals surface area contributed by atoms with Crippen LogP contribution < -0.4 is 5.32 Å². The number of halogens is 3. The zero-order chi connectivity index (χ0) is 16.6. The molecule has 0 saturated carbocycles. The molecule has 2 fully saturated rings. The summed E-state index contributed by atoms with van der Waals surface area (Å²) in [4.78, 5) is 14.2. The van der Waals surface area contributed by atoms with Crippen LogP contribution in [0.1, 0.15) is 50.6 Å². The van der Waals surface area contributed by atoms with Crippen LogP contribution in [0.3, 0.4) is 0 Å². The largest absolute Gasteiger partial charge is 0.339 e. The van der Waals surface area contributed by atoms with Crippen LogP contribution in [0.5, 0.6) is 0 Å². The first-order chi connectivity index (χ1) is 10.9. The molecule has 6 heteroatoms. The lowest BCUT2D eigenvalue weighted by Crippen LogP contribution is -2.40. The van der Waals surface area contributed by atoms with Crippen molar-refractivity contribution in [3.05, 3.63) is 35.4 Å². The summed E-state index contributed by atoms with van der Waals surface area (Å²) in [7, 11) is 1.74. The molecule has 0 spiro atoms. The minimum Gasteiger partial charge on any atom is -0.339 e. The van der Waals surface area contributed by atoms with Gasteiger partial charge in [0.15, 0.2) is 11.6 Å². The van der Waals surface area contributed by atoms with Gasteiger partial charge in [0.05, 0.1) is 6.04 Å². The van der Waals surface area contributed by atoms with E-state index in [9.17, 15) is 13.6 Å². The average molecular weight is 359 g/mol. The number of piperidine rings is 1. The molecule has 3 unspecified atom stereocenters. The normalized spacial score (nSPS) is 26.6. The van der Waals surface area contributed by atoms with Crippen molar-refractivity contribution < 1.29 is 13.6 Å². The van der Waals surface area contributed by atoms with Crippen LogP contribution in [-0.2, 0) is 4.79 Å². The number of benzene rings is 1. The van der Waals surface area contributed by atoms with Crippen LogP contribution in [0.25, 0.3) is 0 Å². The molecule has 2 heterocycles. The van der Waals surface area contributed by atoms with Gasteiger partial charge in [0.25, 0.3) is 0 Å². The van der Waals surface area contributed by atoms with Crippen LogP contribution in [0.4, 0.5) is 8.78 Å². The Hall–Kier alpha value is -1.20. The van der Waals surface area contributed by atoms with Crippen molar-refractivity contribution in [2.75, 3.05) is 7.05 Å². The smallest absolute Gasteiger partial charge is 0.223 e. The molecular weight excluding hydrogens is 334 g/mol. The molecule has 3 rings (SSSR count). The molecule has 1 amide bonds. The van der Waals surface area contributed by atoms with Gasteiger partial charge in [-0.05, 0) is 56.2 Å². The number of hydrogen-bond donors (Lipinski definition) is 1. The second kappa shape index (κ2) is 7.79.